The first-order valence-corrected chi connectivity index (χ1v) is 7.99. The molecule has 1 saturated heterocycles. The SMILES string of the molecule is CC(OC(=O)CCCN1C(=O)CNC1=O)C(=O)Nc1ccc(C#N)cc1. The average molecular weight is 358 g/mol. The fourth-order valence-electron chi connectivity index (χ4n) is 2.24. The van der Waals surface area contributed by atoms with E-state index in [9.17, 15) is 19.2 Å². The van der Waals surface area contributed by atoms with E-state index in [-0.39, 0.29) is 31.8 Å². The number of imide groups is 1. The number of urea groups is 1. The molecule has 1 aliphatic rings. The molecule has 0 radical (unpaired) electrons. The summed E-state index contributed by atoms with van der Waals surface area (Å²) in [5.41, 5.74) is 0.947. The molecule has 2 rings (SSSR count). The summed E-state index contributed by atoms with van der Waals surface area (Å²) in [7, 11) is 0. The van der Waals surface area contributed by atoms with E-state index in [0.29, 0.717) is 11.3 Å². The molecule has 136 valence electrons. The molecule has 1 heterocycles. The number of esters is 1. The van der Waals surface area contributed by atoms with Crippen LogP contribution in [-0.2, 0) is 19.1 Å². The van der Waals surface area contributed by atoms with Crippen molar-refractivity contribution >= 4 is 29.5 Å². The monoisotopic (exact) mass is 358 g/mol. The first-order chi connectivity index (χ1) is 12.4. The second kappa shape index (κ2) is 8.62. The molecular weight excluding hydrogens is 340 g/mol. The van der Waals surface area contributed by atoms with Crippen LogP contribution in [-0.4, -0.2) is 47.9 Å². The first kappa shape index (κ1) is 18.9. The van der Waals surface area contributed by atoms with Crippen LogP contribution >= 0.6 is 0 Å². The van der Waals surface area contributed by atoms with Crippen molar-refractivity contribution in [3.05, 3.63) is 29.8 Å². The highest BCUT2D eigenvalue weighted by molar-refractivity contribution is 6.02. The number of nitrogens with one attached hydrogen (secondary N) is 2. The van der Waals surface area contributed by atoms with Gasteiger partial charge in [0.1, 0.15) is 0 Å². The Hall–Kier alpha value is -3.41. The minimum atomic E-state index is -1.00. The van der Waals surface area contributed by atoms with Crippen molar-refractivity contribution in [2.45, 2.75) is 25.9 Å². The lowest BCUT2D eigenvalue weighted by Crippen LogP contribution is -2.33. The third kappa shape index (κ3) is 5.04. The van der Waals surface area contributed by atoms with E-state index in [1.807, 2.05) is 6.07 Å². The highest BCUT2D eigenvalue weighted by atomic mass is 16.5. The summed E-state index contributed by atoms with van der Waals surface area (Å²) in [6, 6.07) is 7.76. The van der Waals surface area contributed by atoms with Gasteiger partial charge in [-0.15, -0.1) is 0 Å². The summed E-state index contributed by atoms with van der Waals surface area (Å²) in [5.74, 6) is -1.43. The summed E-state index contributed by atoms with van der Waals surface area (Å²) in [6.45, 7) is 1.52. The Morgan fingerprint density at radius 1 is 1.35 bits per heavy atom. The van der Waals surface area contributed by atoms with Gasteiger partial charge in [-0.05, 0) is 37.6 Å². The van der Waals surface area contributed by atoms with Crippen molar-refractivity contribution < 1.29 is 23.9 Å². The lowest BCUT2D eigenvalue weighted by Gasteiger charge is -2.15. The van der Waals surface area contributed by atoms with Gasteiger partial charge in [0.05, 0.1) is 18.2 Å². The van der Waals surface area contributed by atoms with Crippen molar-refractivity contribution in [3.63, 3.8) is 0 Å². The number of rotatable bonds is 7. The van der Waals surface area contributed by atoms with Gasteiger partial charge >= 0.3 is 12.0 Å². The third-order valence-electron chi connectivity index (χ3n) is 3.66. The van der Waals surface area contributed by atoms with E-state index in [1.165, 1.54) is 6.92 Å². The Kier molecular flexibility index (Phi) is 6.27. The summed E-state index contributed by atoms with van der Waals surface area (Å²) in [5, 5.41) is 13.7. The van der Waals surface area contributed by atoms with Gasteiger partial charge in [-0.3, -0.25) is 19.3 Å². The van der Waals surface area contributed by atoms with Crippen molar-refractivity contribution in [3.8, 4) is 6.07 Å². The van der Waals surface area contributed by atoms with E-state index in [0.717, 1.165) is 4.90 Å². The van der Waals surface area contributed by atoms with Gasteiger partial charge in [0.15, 0.2) is 6.10 Å². The summed E-state index contributed by atoms with van der Waals surface area (Å²) in [6.07, 6.45) is -0.775. The van der Waals surface area contributed by atoms with E-state index >= 15 is 0 Å². The second-order valence-corrected chi connectivity index (χ2v) is 5.62. The van der Waals surface area contributed by atoms with Crippen LogP contribution in [0.1, 0.15) is 25.3 Å². The summed E-state index contributed by atoms with van der Waals surface area (Å²) >= 11 is 0. The molecule has 1 aromatic rings. The van der Waals surface area contributed by atoms with E-state index in [2.05, 4.69) is 10.6 Å². The van der Waals surface area contributed by atoms with Crippen LogP contribution in [0, 0.1) is 11.3 Å². The number of carbonyl (C=O) groups is 4. The predicted octanol–water partition coefficient (Wildman–Crippen LogP) is 0.760. The Morgan fingerprint density at radius 2 is 2.04 bits per heavy atom. The first-order valence-electron chi connectivity index (χ1n) is 7.99. The van der Waals surface area contributed by atoms with Gasteiger partial charge < -0.3 is 15.4 Å². The molecule has 1 aromatic carbocycles. The second-order valence-electron chi connectivity index (χ2n) is 5.62. The topological polar surface area (TPSA) is 129 Å². The maximum Gasteiger partial charge on any atom is 0.324 e. The maximum absolute atomic E-state index is 12.0. The molecule has 9 heteroatoms. The van der Waals surface area contributed by atoms with Crippen molar-refractivity contribution in [1.29, 1.82) is 5.26 Å². The molecule has 26 heavy (non-hydrogen) atoms. The standard InChI is InChI=1S/C17H18N4O5/c1-11(16(24)20-13-6-4-12(9-18)5-7-13)26-15(23)3-2-8-21-14(22)10-19-17(21)25/h4-7,11H,2-3,8,10H2,1H3,(H,19,25)(H,20,24). The quantitative estimate of drug-likeness (QED) is 0.547. The molecule has 2 N–H and O–H groups in total. The molecule has 0 spiro atoms. The number of ether oxygens (including phenoxy) is 1. The smallest absolute Gasteiger partial charge is 0.324 e. The van der Waals surface area contributed by atoms with Crippen LogP contribution in [0.5, 0.6) is 0 Å². The Bertz CT molecular complexity index is 737. The zero-order chi connectivity index (χ0) is 19.1. The number of hydrogen-bond donors (Lipinski definition) is 2. The van der Waals surface area contributed by atoms with Gasteiger partial charge in [-0.25, -0.2) is 4.79 Å². The number of carbonyl (C=O) groups excluding carboxylic acids is 4. The minimum Gasteiger partial charge on any atom is -0.453 e. The fourth-order valence-corrected chi connectivity index (χ4v) is 2.24. The largest absolute Gasteiger partial charge is 0.453 e. The van der Waals surface area contributed by atoms with Crippen LogP contribution in [0.2, 0.25) is 0 Å². The fraction of sp³-hybridized carbons (Fsp3) is 0.353. The van der Waals surface area contributed by atoms with Crippen LogP contribution in [0.25, 0.3) is 0 Å². The lowest BCUT2D eigenvalue weighted by molar-refractivity contribution is -0.153. The summed E-state index contributed by atoms with van der Waals surface area (Å²) in [4.78, 5) is 47.6. The van der Waals surface area contributed by atoms with E-state index in [1.54, 1.807) is 24.3 Å². The highest BCUT2D eigenvalue weighted by Gasteiger charge is 2.28. The Balaban J connectivity index is 1.73. The van der Waals surface area contributed by atoms with Crippen LogP contribution in [0.4, 0.5) is 10.5 Å². The normalized spacial score (nSPS) is 14.4. The highest BCUT2D eigenvalue weighted by Crippen LogP contribution is 2.10. The zero-order valence-electron chi connectivity index (χ0n) is 14.2. The van der Waals surface area contributed by atoms with Gasteiger partial charge in [-0.2, -0.15) is 5.26 Å². The Morgan fingerprint density at radius 3 is 2.62 bits per heavy atom. The van der Waals surface area contributed by atoms with Crippen LogP contribution in [0.15, 0.2) is 24.3 Å². The minimum absolute atomic E-state index is 0.0223. The number of benzene rings is 1. The van der Waals surface area contributed by atoms with Gasteiger partial charge in [0.2, 0.25) is 5.91 Å². The van der Waals surface area contributed by atoms with Crippen molar-refractivity contribution in [2.75, 3.05) is 18.4 Å². The third-order valence-corrected chi connectivity index (χ3v) is 3.66. The number of hydrogen-bond acceptors (Lipinski definition) is 6. The molecule has 0 saturated carbocycles. The molecule has 1 unspecified atom stereocenters. The molecule has 4 amide bonds. The predicted molar refractivity (Wildman–Crippen MR) is 89.7 cm³/mol. The molecule has 0 bridgehead atoms. The van der Waals surface area contributed by atoms with Gasteiger partial charge in [-0.1, -0.05) is 0 Å². The molecular formula is C17H18N4O5. The molecule has 0 aliphatic carbocycles. The number of nitriles is 1. The zero-order valence-corrected chi connectivity index (χ0v) is 14.2. The molecule has 0 aromatic heterocycles. The summed E-state index contributed by atoms with van der Waals surface area (Å²) < 4.78 is 5.04. The van der Waals surface area contributed by atoms with Crippen LogP contribution in [0.3, 0.4) is 0 Å². The van der Waals surface area contributed by atoms with Gasteiger partial charge in [0, 0.05) is 18.7 Å². The van der Waals surface area contributed by atoms with Crippen LogP contribution < -0.4 is 10.6 Å². The maximum atomic E-state index is 12.0. The average Bonchev–Trinajstić information content (AvgIpc) is 2.94. The van der Waals surface area contributed by atoms with Crippen molar-refractivity contribution in [1.82, 2.24) is 10.2 Å². The number of nitrogens with zero attached hydrogens (tertiary/aromatic N) is 2. The molecule has 1 fully saturated rings. The van der Waals surface area contributed by atoms with E-state index < -0.39 is 24.0 Å². The number of anilines is 1. The van der Waals surface area contributed by atoms with E-state index in [4.69, 9.17) is 10.00 Å². The molecule has 1 aliphatic heterocycles. The molecule has 1 atom stereocenters. The number of amides is 4. The molecule has 9 nitrogen and oxygen atoms in total. The lowest BCUT2D eigenvalue weighted by atomic mass is 10.2. The Labute approximate surface area is 149 Å². The van der Waals surface area contributed by atoms with Crippen molar-refractivity contribution in [2.24, 2.45) is 0 Å². The van der Waals surface area contributed by atoms with Gasteiger partial charge in [0.25, 0.3) is 5.91 Å².